The highest BCUT2D eigenvalue weighted by atomic mass is 32.2. The second kappa shape index (κ2) is 8.53. The fourth-order valence-electron chi connectivity index (χ4n) is 2.24. The van der Waals surface area contributed by atoms with E-state index in [0.29, 0.717) is 16.5 Å². The van der Waals surface area contributed by atoms with Crippen molar-refractivity contribution in [1.29, 1.82) is 0 Å². The van der Waals surface area contributed by atoms with Crippen LogP contribution in [0.3, 0.4) is 0 Å². The van der Waals surface area contributed by atoms with Gasteiger partial charge in [-0.05, 0) is 36.2 Å². The molecule has 0 radical (unpaired) electrons. The van der Waals surface area contributed by atoms with E-state index in [1.807, 2.05) is 48.5 Å². The Hall–Kier alpha value is -2.80. The smallest absolute Gasteiger partial charge is 0.316 e. The predicted octanol–water partition coefficient (Wildman–Crippen LogP) is 3.66. The maximum atomic E-state index is 11.8. The van der Waals surface area contributed by atoms with Crippen LogP contribution in [-0.2, 0) is 20.7 Å². The lowest BCUT2D eigenvalue weighted by Gasteiger charge is -2.06. The minimum Gasteiger partial charge on any atom is -0.455 e. The van der Waals surface area contributed by atoms with Crippen molar-refractivity contribution in [3.8, 4) is 0 Å². The molecule has 3 rings (SSSR count). The van der Waals surface area contributed by atoms with Crippen molar-refractivity contribution in [2.24, 2.45) is 0 Å². The van der Waals surface area contributed by atoms with Crippen molar-refractivity contribution in [1.82, 2.24) is 4.98 Å². The molecule has 0 atom stereocenters. The molecule has 0 aliphatic heterocycles. The fraction of sp³-hybridized carbons (Fsp3) is 0.211. The van der Waals surface area contributed by atoms with Crippen molar-refractivity contribution in [2.45, 2.75) is 18.6 Å². The number of amides is 1. The van der Waals surface area contributed by atoms with Gasteiger partial charge in [-0.3, -0.25) is 9.59 Å². The Morgan fingerprint density at radius 2 is 1.92 bits per heavy atom. The number of anilines is 1. The summed E-state index contributed by atoms with van der Waals surface area (Å²) in [5, 5.41) is 3.08. The number of esters is 1. The van der Waals surface area contributed by atoms with Crippen molar-refractivity contribution < 1.29 is 18.7 Å². The van der Waals surface area contributed by atoms with Crippen LogP contribution in [0.15, 0.2) is 58.2 Å². The molecule has 0 saturated carbocycles. The standard InChI is InChI=1S/C19H18N2O4S/c1-2-13-7-9-14(10-8-13)20-17(22)11-24-18(23)12-26-19-21-15-5-3-4-6-16(15)25-19/h3-10H,2,11-12H2,1H3,(H,20,22). The Balaban J connectivity index is 1.42. The molecule has 3 aromatic rings. The van der Waals surface area contributed by atoms with E-state index in [2.05, 4.69) is 17.2 Å². The number of thioether (sulfide) groups is 1. The number of rotatable bonds is 7. The normalized spacial score (nSPS) is 10.7. The number of aryl methyl sites for hydroxylation is 1. The van der Waals surface area contributed by atoms with Crippen molar-refractivity contribution in [3.63, 3.8) is 0 Å². The van der Waals surface area contributed by atoms with Gasteiger partial charge < -0.3 is 14.5 Å². The molecule has 2 aromatic carbocycles. The van der Waals surface area contributed by atoms with Gasteiger partial charge in [0.25, 0.3) is 11.1 Å². The van der Waals surface area contributed by atoms with Crippen LogP contribution in [0.2, 0.25) is 0 Å². The van der Waals surface area contributed by atoms with Crippen LogP contribution in [0.5, 0.6) is 0 Å². The maximum Gasteiger partial charge on any atom is 0.316 e. The van der Waals surface area contributed by atoms with Gasteiger partial charge in [-0.2, -0.15) is 0 Å². The van der Waals surface area contributed by atoms with Crippen LogP contribution in [0, 0.1) is 0 Å². The van der Waals surface area contributed by atoms with E-state index < -0.39 is 5.97 Å². The summed E-state index contributed by atoms with van der Waals surface area (Å²) < 4.78 is 10.5. The lowest BCUT2D eigenvalue weighted by Crippen LogP contribution is -2.21. The highest BCUT2D eigenvalue weighted by molar-refractivity contribution is 7.99. The van der Waals surface area contributed by atoms with Crippen LogP contribution < -0.4 is 5.32 Å². The first-order chi connectivity index (χ1) is 12.6. The number of ether oxygens (including phenoxy) is 1. The molecule has 6 nitrogen and oxygen atoms in total. The zero-order chi connectivity index (χ0) is 18.4. The van der Waals surface area contributed by atoms with E-state index in [-0.39, 0.29) is 18.3 Å². The molecule has 0 spiro atoms. The fourth-order valence-corrected chi connectivity index (χ4v) is 2.88. The molecule has 0 aliphatic rings. The van der Waals surface area contributed by atoms with Crippen LogP contribution >= 0.6 is 11.8 Å². The molecule has 0 unspecified atom stereocenters. The van der Waals surface area contributed by atoms with Crippen LogP contribution in [0.4, 0.5) is 5.69 Å². The summed E-state index contributed by atoms with van der Waals surface area (Å²) >= 11 is 1.13. The number of nitrogens with zero attached hydrogens (tertiary/aromatic N) is 1. The lowest BCUT2D eigenvalue weighted by molar-refractivity contribution is -0.144. The van der Waals surface area contributed by atoms with E-state index in [1.165, 1.54) is 5.56 Å². The van der Waals surface area contributed by atoms with Gasteiger partial charge in [-0.25, -0.2) is 4.98 Å². The number of nitrogens with one attached hydrogen (secondary N) is 1. The Morgan fingerprint density at radius 3 is 2.65 bits per heavy atom. The van der Waals surface area contributed by atoms with Gasteiger partial charge in [0.1, 0.15) is 11.3 Å². The van der Waals surface area contributed by atoms with E-state index in [1.54, 1.807) is 0 Å². The minimum absolute atomic E-state index is 0.0191. The minimum atomic E-state index is -0.506. The average Bonchev–Trinajstić information content (AvgIpc) is 3.08. The summed E-state index contributed by atoms with van der Waals surface area (Å²) in [6.07, 6.45) is 0.934. The number of oxazole rings is 1. The third-order valence-electron chi connectivity index (χ3n) is 3.60. The predicted molar refractivity (Wildman–Crippen MR) is 100 cm³/mol. The van der Waals surface area contributed by atoms with E-state index >= 15 is 0 Å². The first-order valence-electron chi connectivity index (χ1n) is 8.17. The Labute approximate surface area is 154 Å². The highest BCUT2D eigenvalue weighted by Crippen LogP contribution is 2.23. The number of carbonyl (C=O) groups is 2. The zero-order valence-corrected chi connectivity index (χ0v) is 15.0. The summed E-state index contributed by atoms with van der Waals surface area (Å²) in [7, 11) is 0. The SMILES string of the molecule is CCc1ccc(NC(=O)COC(=O)CSc2nc3ccccc3o2)cc1. The molecule has 0 saturated heterocycles. The van der Waals surface area contributed by atoms with Crippen LogP contribution in [0.1, 0.15) is 12.5 Å². The molecule has 26 heavy (non-hydrogen) atoms. The number of benzene rings is 2. The summed E-state index contributed by atoms with van der Waals surface area (Å²) in [5.74, 6) is -0.867. The topological polar surface area (TPSA) is 81.4 Å². The molecule has 134 valence electrons. The highest BCUT2D eigenvalue weighted by Gasteiger charge is 2.12. The second-order valence-corrected chi connectivity index (χ2v) is 6.42. The summed E-state index contributed by atoms with van der Waals surface area (Å²) in [5.41, 5.74) is 3.25. The lowest BCUT2D eigenvalue weighted by atomic mass is 10.1. The van der Waals surface area contributed by atoms with Crippen molar-refractivity contribution in [3.05, 3.63) is 54.1 Å². The Morgan fingerprint density at radius 1 is 1.15 bits per heavy atom. The van der Waals surface area contributed by atoms with Crippen molar-refractivity contribution in [2.75, 3.05) is 17.7 Å². The third kappa shape index (κ3) is 4.86. The monoisotopic (exact) mass is 370 g/mol. The van der Waals surface area contributed by atoms with Gasteiger partial charge in [0.05, 0.1) is 0 Å². The number of fused-ring (bicyclic) bond motifs is 1. The summed E-state index contributed by atoms with van der Waals surface area (Å²) in [6.45, 7) is 1.73. The zero-order valence-electron chi connectivity index (χ0n) is 14.2. The molecule has 7 heteroatoms. The molecule has 1 amide bonds. The average molecular weight is 370 g/mol. The van der Waals surface area contributed by atoms with E-state index in [9.17, 15) is 9.59 Å². The number of hydrogen-bond donors (Lipinski definition) is 1. The number of aromatic nitrogens is 1. The molecule has 0 aliphatic carbocycles. The molecular formula is C19H18N2O4S. The summed E-state index contributed by atoms with van der Waals surface area (Å²) in [4.78, 5) is 27.9. The first kappa shape index (κ1) is 18.0. The van der Waals surface area contributed by atoms with E-state index in [0.717, 1.165) is 23.7 Å². The quantitative estimate of drug-likeness (QED) is 0.505. The summed E-state index contributed by atoms with van der Waals surface area (Å²) in [6, 6.07) is 14.9. The molecule has 0 bridgehead atoms. The Kier molecular flexibility index (Phi) is 5.91. The third-order valence-corrected chi connectivity index (χ3v) is 4.40. The maximum absolute atomic E-state index is 11.8. The van der Waals surface area contributed by atoms with Gasteiger partial charge in [-0.1, -0.05) is 43.0 Å². The molecule has 1 N–H and O–H groups in total. The molecule has 1 heterocycles. The largest absolute Gasteiger partial charge is 0.455 e. The van der Waals surface area contributed by atoms with Crippen molar-refractivity contribution >= 4 is 40.4 Å². The van der Waals surface area contributed by atoms with Gasteiger partial charge in [-0.15, -0.1) is 0 Å². The first-order valence-corrected chi connectivity index (χ1v) is 9.15. The number of hydrogen-bond acceptors (Lipinski definition) is 6. The molecule has 1 aromatic heterocycles. The molecule has 0 fully saturated rings. The number of para-hydroxylation sites is 2. The van der Waals surface area contributed by atoms with Gasteiger partial charge in [0.15, 0.2) is 12.2 Å². The van der Waals surface area contributed by atoms with Crippen LogP contribution in [0.25, 0.3) is 11.1 Å². The number of carbonyl (C=O) groups excluding carboxylic acids is 2. The van der Waals surface area contributed by atoms with Gasteiger partial charge >= 0.3 is 5.97 Å². The van der Waals surface area contributed by atoms with Gasteiger partial charge in [0, 0.05) is 5.69 Å². The Bertz CT molecular complexity index is 872. The second-order valence-electron chi connectivity index (χ2n) is 5.50. The molecular weight excluding hydrogens is 352 g/mol. The van der Waals surface area contributed by atoms with Crippen LogP contribution in [-0.4, -0.2) is 29.2 Å². The van der Waals surface area contributed by atoms with Gasteiger partial charge in [0.2, 0.25) is 0 Å². The van der Waals surface area contributed by atoms with E-state index in [4.69, 9.17) is 9.15 Å².